The minimum Gasteiger partial charge on any atom is -0.331 e. The number of carbonyl (C=O) groups excluding carboxylic acids is 2. The molecule has 2 fully saturated rings. The molecule has 2 rings (SSSR count). The highest BCUT2D eigenvalue weighted by Crippen LogP contribution is 2.42. The number of hydrogen-bond donors (Lipinski definition) is 1. The van der Waals surface area contributed by atoms with Crippen LogP contribution in [0.25, 0.3) is 0 Å². The van der Waals surface area contributed by atoms with Gasteiger partial charge >= 0.3 is 0 Å². The Labute approximate surface area is 109 Å². The van der Waals surface area contributed by atoms with Gasteiger partial charge in [-0.15, -0.1) is 0 Å². The highest BCUT2D eigenvalue weighted by atomic mass is 16.2. The Bertz CT molecular complexity index is 348. The van der Waals surface area contributed by atoms with Crippen molar-refractivity contribution in [2.45, 2.75) is 52.1 Å². The molecule has 102 valence electrons. The van der Waals surface area contributed by atoms with E-state index in [0.29, 0.717) is 11.8 Å². The fraction of sp³-hybridized carbons (Fsp3) is 0.857. The van der Waals surface area contributed by atoms with Gasteiger partial charge < -0.3 is 15.4 Å². The van der Waals surface area contributed by atoms with E-state index in [1.165, 1.54) is 6.42 Å². The summed E-state index contributed by atoms with van der Waals surface area (Å²) < 4.78 is 0. The highest BCUT2D eigenvalue weighted by molar-refractivity contribution is 5.85. The molecule has 0 aromatic carbocycles. The molecule has 2 aliphatic rings. The van der Waals surface area contributed by atoms with Gasteiger partial charge in [0.15, 0.2) is 0 Å². The average Bonchev–Trinajstić information content (AvgIpc) is 2.84. The van der Waals surface area contributed by atoms with Crippen molar-refractivity contribution in [2.75, 3.05) is 6.54 Å². The Morgan fingerprint density at radius 3 is 2.61 bits per heavy atom. The van der Waals surface area contributed by atoms with Crippen LogP contribution in [0.5, 0.6) is 0 Å². The molecule has 0 unspecified atom stereocenters. The van der Waals surface area contributed by atoms with Crippen LogP contribution in [0.2, 0.25) is 0 Å². The van der Waals surface area contributed by atoms with Crippen molar-refractivity contribution >= 4 is 12.2 Å². The van der Waals surface area contributed by atoms with Crippen LogP contribution in [-0.2, 0) is 9.59 Å². The van der Waals surface area contributed by atoms with E-state index < -0.39 is 6.04 Å². The lowest BCUT2D eigenvalue weighted by Crippen LogP contribution is -2.52. The summed E-state index contributed by atoms with van der Waals surface area (Å²) in [5.74, 6) is 0.823. The van der Waals surface area contributed by atoms with Crippen molar-refractivity contribution in [1.82, 2.24) is 4.90 Å². The Kier molecular flexibility index (Phi) is 3.49. The largest absolute Gasteiger partial charge is 0.331 e. The van der Waals surface area contributed by atoms with E-state index in [1.54, 1.807) is 4.90 Å². The second-order valence-corrected chi connectivity index (χ2v) is 6.82. The fourth-order valence-corrected chi connectivity index (χ4v) is 3.31. The molecular weight excluding hydrogens is 228 g/mol. The van der Waals surface area contributed by atoms with Gasteiger partial charge in [-0.05, 0) is 30.1 Å². The molecule has 0 radical (unpaired) electrons. The van der Waals surface area contributed by atoms with Crippen LogP contribution in [0, 0.1) is 17.3 Å². The Balaban J connectivity index is 2.14. The standard InChI is InChI=1S/C14H24N2O2/c1-14(2,3)12(15)13(18)16-7-9-5-4-6-10(9)11(16)8-17/h8-12H,4-7,15H2,1-3H3/t9-,10-,11+,12+/m0/s1. The summed E-state index contributed by atoms with van der Waals surface area (Å²) in [7, 11) is 0. The maximum atomic E-state index is 12.4. The topological polar surface area (TPSA) is 63.4 Å². The lowest BCUT2D eigenvalue weighted by atomic mass is 9.86. The van der Waals surface area contributed by atoms with Gasteiger partial charge in [-0.25, -0.2) is 0 Å². The number of nitrogens with two attached hydrogens (primary N) is 1. The molecule has 1 amide bonds. The third kappa shape index (κ3) is 2.18. The highest BCUT2D eigenvalue weighted by Gasteiger charge is 2.47. The van der Waals surface area contributed by atoms with Gasteiger partial charge in [0.05, 0.1) is 12.1 Å². The number of carbonyl (C=O) groups is 2. The number of nitrogens with zero attached hydrogens (tertiary/aromatic N) is 1. The van der Waals surface area contributed by atoms with Gasteiger partial charge in [-0.2, -0.15) is 0 Å². The third-order valence-corrected chi connectivity index (χ3v) is 4.57. The lowest BCUT2D eigenvalue weighted by Gasteiger charge is -2.32. The summed E-state index contributed by atoms with van der Waals surface area (Å²) in [5.41, 5.74) is 5.77. The summed E-state index contributed by atoms with van der Waals surface area (Å²) in [6.45, 7) is 6.60. The van der Waals surface area contributed by atoms with Crippen LogP contribution < -0.4 is 5.73 Å². The molecule has 1 aliphatic heterocycles. The van der Waals surface area contributed by atoms with E-state index in [-0.39, 0.29) is 17.4 Å². The minimum atomic E-state index is -0.529. The number of hydrogen-bond acceptors (Lipinski definition) is 3. The number of rotatable bonds is 2. The molecule has 1 aliphatic carbocycles. The van der Waals surface area contributed by atoms with Crippen LogP contribution in [0.4, 0.5) is 0 Å². The molecule has 4 nitrogen and oxygen atoms in total. The van der Waals surface area contributed by atoms with Gasteiger partial charge in [-0.3, -0.25) is 4.79 Å². The van der Waals surface area contributed by atoms with Crippen LogP contribution in [0.1, 0.15) is 40.0 Å². The predicted octanol–water partition coefficient (Wildman–Crippen LogP) is 1.19. The monoisotopic (exact) mass is 252 g/mol. The van der Waals surface area contributed by atoms with Crippen LogP contribution in [-0.4, -0.2) is 35.7 Å². The number of likely N-dealkylation sites (tertiary alicyclic amines) is 1. The summed E-state index contributed by atoms with van der Waals surface area (Å²) in [4.78, 5) is 25.5. The fourth-order valence-electron chi connectivity index (χ4n) is 3.31. The average molecular weight is 252 g/mol. The second-order valence-electron chi connectivity index (χ2n) is 6.82. The van der Waals surface area contributed by atoms with E-state index in [9.17, 15) is 9.59 Å². The van der Waals surface area contributed by atoms with Crippen molar-refractivity contribution in [2.24, 2.45) is 23.0 Å². The van der Waals surface area contributed by atoms with Crippen LogP contribution in [0.15, 0.2) is 0 Å². The first-order valence-corrected chi connectivity index (χ1v) is 6.87. The molecule has 1 saturated carbocycles. The first-order valence-electron chi connectivity index (χ1n) is 6.87. The summed E-state index contributed by atoms with van der Waals surface area (Å²) in [6.07, 6.45) is 4.35. The molecule has 2 N–H and O–H groups in total. The SMILES string of the molecule is CC(C)(C)[C@H](N)C(=O)N1C[C@@H]2CCC[C@@H]2[C@H]1C=O. The van der Waals surface area contributed by atoms with E-state index in [0.717, 1.165) is 25.7 Å². The molecule has 0 bridgehead atoms. The summed E-state index contributed by atoms with van der Waals surface area (Å²) in [6, 6.07) is -0.767. The van der Waals surface area contributed by atoms with Crippen LogP contribution in [0.3, 0.4) is 0 Å². The van der Waals surface area contributed by atoms with Crippen molar-refractivity contribution in [3.8, 4) is 0 Å². The maximum absolute atomic E-state index is 12.4. The molecule has 0 spiro atoms. The van der Waals surface area contributed by atoms with E-state index in [4.69, 9.17) is 5.73 Å². The van der Waals surface area contributed by atoms with Crippen molar-refractivity contribution in [3.63, 3.8) is 0 Å². The smallest absolute Gasteiger partial charge is 0.240 e. The van der Waals surface area contributed by atoms with Crippen molar-refractivity contribution in [3.05, 3.63) is 0 Å². The number of fused-ring (bicyclic) bond motifs is 1. The second kappa shape index (κ2) is 4.65. The van der Waals surface area contributed by atoms with Gasteiger partial charge in [0.2, 0.25) is 5.91 Å². The first-order chi connectivity index (χ1) is 8.36. The normalized spacial score (nSPS) is 33.3. The van der Waals surface area contributed by atoms with Gasteiger partial charge in [-0.1, -0.05) is 27.2 Å². The Morgan fingerprint density at radius 2 is 2.06 bits per heavy atom. The maximum Gasteiger partial charge on any atom is 0.240 e. The van der Waals surface area contributed by atoms with Crippen molar-refractivity contribution in [1.29, 1.82) is 0 Å². The zero-order chi connectivity index (χ0) is 13.5. The molecule has 1 saturated heterocycles. The number of amides is 1. The zero-order valence-corrected chi connectivity index (χ0v) is 11.6. The Morgan fingerprint density at radius 1 is 1.39 bits per heavy atom. The molecule has 18 heavy (non-hydrogen) atoms. The third-order valence-electron chi connectivity index (χ3n) is 4.57. The molecule has 0 aromatic heterocycles. The minimum absolute atomic E-state index is 0.0611. The van der Waals surface area contributed by atoms with E-state index >= 15 is 0 Å². The zero-order valence-electron chi connectivity index (χ0n) is 11.6. The predicted molar refractivity (Wildman–Crippen MR) is 69.8 cm³/mol. The molecule has 4 atom stereocenters. The summed E-state index contributed by atoms with van der Waals surface area (Å²) in [5, 5.41) is 0. The molecule has 1 heterocycles. The molecule has 0 aromatic rings. The number of aldehydes is 1. The van der Waals surface area contributed by atoms with E-state index in [1.807, 2.05) is 20.8 Å². The first kappa shape index (κ1) is 13.5. The molecule has 4 heteroatoms. The van der Waals surface area contributed by atoms with Crippen LogP contribution >= 0.6 is 0 Å². The van der Waals surface area contributed by atoms with Crippen molar-refractivity contribution < 1.29 is 9.59 Å². The summed E-state index contributed by atoms with van der Waals surface area (Å²) >= 11 is 0. The lowest BCUT2D eigenvalue weighted by molar-refractivity contribution is -0.138. The molecular formula is C14H24N2O2. The van der Waals surface area contributed by atoms with Gasteiger partial charge in [0.25, 0.3) is 0 Å². The van der Waals surface area contributed by atoms with Gasteiger partial charge in [0, 0.05) is 6.54 Å². The van der Waals surface area contributed by atoms with E-state index in [2.05, 4.69) is 0 Å². The Hall–Kier alpha value is -0.900. The van der Waals surface area contributed by atoms with Gasteiger partial charge in [0.1, 0.15) is 6.29 Å². The quantitative estimate of drug-likeness (QED) is 0.751.